The number of hydrogen-bond donors (Lipinski definition) is 0. The van der Waals surface area contributed by atoms with Crippen LogP contribution in [0.5, 0.6) is 0 Å². The van der Waals surface area contributed by atoms with E-state index in [-0.39, 0.29) is 0 Å². The van der Waals surface area contributed by atoms with Crippen LogP contribution < -0.4 is 0 Å². The zero-order chi connectivity index (χ0) is 14.1. The lowest BCUT2D eigenvalue weighted by molar-refractivity contribution is -0.156. The number of esters is 1. The molecule has 0 amide bonds. The van der Waals surface area contributed by atoms with Gasteiger partial charge in [-0.3, -0.25) is 4.79 Å². The molecule has 1 aliphatic carbocycles. The third-order valence-electron chi connectivity index (χ3n) is 3.37. The number of terminal acetylenes is 1. The summed E-state index contributed by atoms with van der Waals surface area (Å²) < 4.78 is 18.7. The predicted molar refractivity (Wildman–Crippen MR) is 66.0 cm³/mol. The highest BCUT2D eigenvalue weighted by Gasteiger charge is 2.63. The van der Waals surface area contributed by atoms with Gasteiger partial charge >= 0.3 is 5.97 Å². The molecule has 1 aromatic carbocycles. The summed E-state index contributed by atoms with van der Waals surface area (Å²) in [6.07, 6.45) is 6.59. The van der Waals surface area contributed by atoms with Gasteiger partial charge in [0.2, 0.25) is 5.60 Å². The minimum Gasteiger partial charge on any atom is -0.440 e. The Bertz CT molecular complexity index is 607. The highest BCUT2D eigenvalue weighted by atomic mass is 19.1. The van der Waals surface area contributed by atoms with Crippen molar-refractivity contribution in [2.45, 2.75) is 25.4 Å². The maximum Gasteiger partial charge on any atom is 0.304 e. The van der Waals surface area contributed by atoms with Crippen molar-refractivity contribution in [3.05, 3.63) is 35.6 Å². The lowest BCUT2D eigenvalue weighted by Crippen LogP contribution is -2.39. The van der Waals surface area contributed by atoms with Gasteiger partial charge in [0.1, 0.15) is 11.2 Å². The highest BCUT2D eigenvalue weighted by Crippen LogP contribution is 2.59. The molecule has 2 rings (SSSR count). The molecule has 96 valence electrons. The first-order chi connectivity index (χ1) is 8.99. The Morgan fingerprint density at radius 1 is 1.58 bits per heavy atom. The molecular formula is C15H12FNO2. The van der Waals surface area contributed by atoms with Crippen molar-refractivity contribution in [2.75, 3.05) is 0 Å². The second kappa shape index (κ2) is 4.40. The van der Waals surface area contributed by atoms with Crippen LogP contribution in [0, 0.1) is 34.9 Å². The third-order valence-corrected chi connectivity index (χ3v) is 3.37. The van der Waals surface area contributed by atoms with E-state index >= 15 is 0 Å². The van der Waals surface area contributed by atoms with Crippen molar-refractivity contribution < 1.29 is 13.9 Å². The zero-order valence-corrected chi connectivity index (χ0v) is 10.4. The van der Waals surface area contributed by atoms with Gasteiger partial charge in [-0.25, -0.2) is 4.39 Å². The normalized spacial score (nSPS) is 18.5. The van der Waals surface area contributed by atoms with Crippen molar-refractivity contribution in [2.24, 2.45) is 5.41 Å². The van der Waals surface area contributed by atoms with E-state index < -0.39 is 22.8 Å². The van der Waals surface area contributed by atoms with E-state index in [1.807, 2.05) is 0 Å². The number of hydrogen-bond acceptors (Lipinski definition) is 3. The summed E-state index contributed by atoms with van der Waals surface area (Å²) in [5.41, 5.74) is -2.15. The van der Waals surface area contributed by atoms with Gasteiger partial charge in [0, 0.05) is 12.5 Å². The highest BCUT2D eigenvalue weighted by molar-refractivity contribution is 5.68. The molecule has 1 aliphatic rings. The van der Waals surface area contributed by atoms with Gasteiger partial charge in [-0.15, -0.1) is 6.42 Å². The molecule has 0 heterocycles. The summed E-state index contributed by atoms with van der Waals surface area (Å²) in [5.74, 6) is 1.33. The third kappa shape index (κ3) is 1.96. The number of nitrogens with zero attached hydrogens (tertiary/aromatic N) is 1. The number of carbonyl (C=O) groups is 1. The largest absolute Gasteiger partial charge is 0.440 e. The maximum absolute atomic E-state index is 13.4. The Morgan fingerprint density at radius 2 is 2.26 bits per heavy atom. The smallest absolute Gasteiger partial charge is 0.304 e. The second-order valence-corrected chi connectivity index (χ2v) is 4.62. The van der Waals surface area contributed by atoms with Crippen LogP contribution in [-0.2, 0) is 15.1 Å². The predicted octanol–water partition coefficient (Wildman–Crippen LogP) is 2.52. The van der Waals surface area contributed by atoms with Crippen LogP contribution in [0.3, 0.4) is 0 Å². The van der Waals surface area contributed by atoms with Crippen molar-refractivity contribution in [1.82, 2.24) is 0 Å². The van der Waals surface area contributed by atoms with Crippen molar-refractivity contribution in [3.8, 4) is 18.4 Å². The first-order valence-corrected chi connectivity index (χ1v) is 5.84. The Balaban J connectivity index is 2.61. The Kier molecular flexibility index (Phi) is 3.04. The fourth-order valence-electron chi connectivity index (χ4n) is 2.27. The van der Waals surface area contributed by atoms with Gasteiger partial charge in [0.15, 0.2) is 0 Å². The summed E-state index contributed by atoms with van der Waals surface area (Å²) >= 11 is 0. The molecule has 1 atom stereocenters. The first kappa shape index (κ1) is 13.1. The summed E-state index contributed by atoms with van der Waals surface area (Å²) in [4.78, 5) is 11.3. The van der Waals surface area contributed by atoms with Gasteiger partial charge in [-0.1, -0.05) is 18.1 Å². The number of rotatable bonds is 3. The average Bonchev–Trinajstić information content (AvgIpc) is 3.17. The fourth-order valence-corrected chi connectivity index (χ4v) is 2.27. The van der Waals surface area contributed by atoms with E-state index in [9.17, 15) is 14.4 Å². The van der Waals surface area contributed by atoms with Crippen LogP contribution in [0.1, 0.15) is 25.3 Å². The number of halogens is 1. The quantitative estimate of drug-likeness (QED) is 0.617. The van der Waals surface area contributed by atoms with E-state index in [1.54, 1.807) is 6.07 Å². The lowest BCUT2D eigenvalue weighted by atomic mass is 9.79. The van der Waals surface area contributed by atoms with Crippen LogP contribution in [0.15, 0.2) is 24.3 Å². The number of carbonyl (C=O) groups excluding carboxylic acids is 1. The van der Waals surface area contributed by atoms with Gasteiger partial charge in [0.05, 0.1) is 6.07 Å². The Morgan fingerprint density at radius 3 is 2.68 bits per heavy atom. The van der Waals surface area contributed by atoms with Crippen LogP contribution >= 0.6 is 0 Å². The van der Waals surface area contributed by atoms with Crippen LogP contribution in [0.4, 0.5) is 4.39 Å². The molecule has 1 fully saturated rings. The molecule has 0 spiro atoms. The molecular weight excluding hydrogens is 245 g/mol. The summed E-state index contributed by atoms with van der Waals surface area (Å²) in [6, 6.07) is 7.65. The molecule has 0 unspecified atom stereocenters. The molecule has 4 heteroatoms. The van der Waals surface area contributed by atoms with Crippen LogP contribution in [0.2, 0.25) is 0 Å². The van der Waals surface area contributed by atoms with Crippen molar-refractivity contribution >= 4 is 5.97 Å². The minimum absolute atomic E-state index is 0.323. The van der Waals surface area contributed by atoms with Crippen molar-refractivity contribution in [1.29, 1.82) is 5.26 Å². The number of nitriles is 1. The minimum atomic E-state index is -1.52. The Labute approximate surface area is 111 Å². The van der Waals surface area contributed by atoms with E-state index in [2.05, 4.69) is 12.0 Å². The summed E-state index contributed by atoms with van der Waals surface area (Å²) in [6.45, 7) is 1.22. The molecule has 1 aromatic rings. The van der Waals surface area contributed by atoms with Crippen molar-refractivity contribution in [3.63, 3.8) is 0 Å². The molecule has 0 bridgehead atoms. The van der Waals surface area contributed by atoms with Gasteiger partial charge in [0.25, 0.3) is 0 Å². The van der Waals surface area contributed by atoms with Crippen LogP contribution in [0.25, 0.3) is 0 Å². The summed E-state index contributed by atoms with van der Waals surface area (Å²) in [5, 5.41) is 9.34. The fraction of sp³-hybridized carbons (Fsp3) is 0.333. The molecule has 1 saturated carbocycles. The van der Waals surface area contributed by atoms with Gasteiger partial charge in [-0.05, 0) is 25.0 Å². The SMILES string of the molecule is C#C[C@@](OC(C)=O)(c1cccc(F)c1)C1(C#N)CC1. The average molecular weight is 257 g/mol. The zero-order valence-electron chi connectivity index (χ0n) is 10.4. The van der Waals surface area contributed by atoms with Crippen LogP contribution in [-0.4, -0.2) is 5.97 Å². The topological polar surface area (TPSA) is 50.1 Å². The maximum atomic E-state index is 13.4. The molecule has 19 heavy (non-hydrogen) atoms. The summed E-state index contributed by atoms with van der Waals surface area (Å²) in [7, 11) is 0. The molecule has 0 aromatic heterocycles. The molecule has 0 radical (unpaired) electrons. The van der Waals surface area contributed by atoms with E-state index in [1.165, 1.54) is 25.1 Å². The molecule has 3 nitrogen and oxygen atoms in total. The van der Waals surface area contributed by atoms with E-state index in [0.29, 0.717) is 18.4 Å². The lowest BCUT2D eigenvalue weighted by Gasteiger charge is -2.32. The van der Waals surface area contributed by atoms with Gasteiger partial charge in [-0.2, -0.15) is 5.26 Å². The molecule has 0 aliphatic heterocycles. The first-order valence-electron chi connectivity index (χ1n) is 5.84. The van der Waals surface area contributed by atoms with Gasteiger partial charge < -0.3 is 4.74 Å². The second-order valence-electron chi connectivity index (χ2n) is 4.62. The molecule has 0 N–H and O–H groups in total. The van der Waals surface area contributed by atoms with E-state index in [4.69, 9.17) is 11.2 Å². The van der Waals surface area contributed by atoms with E-state index in [0.717, 1.165) is 0 Å². The molecule has 0 saturated heterocycles. The Hall–Kier alpha value is -2.33. The monoisotopic (exact) mass is 257 g/mol. The number of benzene rings is 1. The standard InChI is InChI=1S/C15H12FNO2/c1-3-15(19-11(2)18,14(10-17)7-8-14)12-5-4-6-13(16)9-12/h1,4-6,9H,7-8H2,2H3/t15-/m1/s1. The number of ether oxygens (including phenoxy) is 1.